The first kappa shape index (κ1) is 47.0. The van der Waals surface area contributed by atoms with E-state index in [1.165, 1.54) is 32.9 Å². The third-order valence-corrected chi connectivity index (χ3v) is 16.0. The number of methoxy groups -OCH3 is 1. The molecule has 0 spiro atoms. The van der Waals surface area contributed by atoms with Gasteiger partial charge < -0.3 is 24.3 Å². The number of halogens is 2. The van der Waals surface area contributed by atoms with Crippen molar-refractivity contribution in [2.24, 2.45) is 0 Å². The lowest BCUT2D eigenvalue weighted by atomic mass is 9.93. The van der Waals surface area contributed by atoms with Crippen molar-refractivity contribution < 1.29 is 41.7 Å². The van der Waals surface area contributed by atoms with Crippen LogP contribution in [0.25, 0.3) is 11.1 Å². The van der Waals surface area contributed by atoms with Gasteiger partial charge in [0.1, 0.15) is 31.0 Å². The monoisotopic (exact) mass is 979 g/mol. The van der Waals surface area contributed by atoms with Crippen LogP contribution in [-0.2, 0) is 55.1 Å². The van der Waals surface area contributed by atoms with E-state index in [0.717, 1.165) is 37.9 Å². The molecule has 3 heterocycles. The van der Waals surface area contributed by atoms with Crippen molar-refractivity contribution in [1.82, 2.24) is 14.6 Å². The molecular formula is C49H43Cl2N5O9S2. The number of rotatable bonds is 13. The molecule has 0 radical (unpaired) electrons. The SMILES string of the molecule is COC(=O)C(Cc1ccc(-c2ccc(C#N)cc2)cc1)NC(=O)[C@@H]1Cc2cc3c(cc2CN1S(=O)(=O)c1sc(N(C)C(C)=O)nc1C)O[C@H](c1ccc(OCc2ccc(Cl)c(Cl)c2)cc1)CO3. The summed E-state index contributed by atoms with van der Waals surface area (Å²) in [5.41, 5.74) is 6.10. The van der Waals surface area contributed by atoms with Crippen LogP contribution in [0.2, 0.25) is 10.0 Å². The van der Waals surface area contributed by atoms with Crippen LogP contribution in [-0.4, -0.2) is 68.3 Å². The summed E-state index contributed by atoms with van der Waals surface area (Å²) in [5.74, 6) is -0.324. The number of aryl methyl sites for hydroxylation is 1. The quantitative estimate of drug-likeness (QED) is 0.110. The number of nitrogens with one attached hydrogen (secondary N) is 1. The zero-order chi connectivity index (χ0) is 47.6. The van der Waals surface area contributed by atoms with Crippen molar-refractivity contribution in [3.8, 4) is 34.4 Å². The van der Waals surface area contributed by atoms with Gasteiger partial charge in [-0.2, -0.15) is 9.57 Å². The molecule has 1 N–H and O–H groups in total. The summed E-state index contributed by atoms with van der Waals surface area (Å²) in [4.78, 5) is 45.7. The number of benzene rings is 5. The van der Waals surface area contributed by atoms with E-state index in [-0.39, 0.29) is 53.5 Å². The third kappa shape index (κ3) is 10.3. The summed E-state index contributed by atoms with van der Waals surface area (Å²) < 4.78 is 54.4. The van der Waals surface area contributed by atoms with Crippen molar-refractivity contribution >= 4 is 67.5 Å². The number of amides is 2. The van der Waals surface area contributed by atoms with Crippen LogP contribution < -0.4 is 24.4 Å². The Labute approximate surface area is 401 Å². The van der Waals surface area contributed by atoms with Gasteiger partial charge in [0.15, 0.2) is 26.9 Å². The molecule has 6 aromatic rings. The average Bonchev–Trinajstić information content (AvgIpc) is 3.74. The fourth-order valence-electron chi connectivity index (χ4n) is 7.74. The maximum Gasteiger partial charge on any atom is 0.328 e. The smallest absolute Gasteiger partial charge is 0.328 e. The number of carbonyl (C=O) groups is 3. The number of hydrogen-bond acceptors (Lipinski definition) is 12. The number of thiazole rings is 1. The number of ether oxygens (including phenoxy) is 4. The fourth-order valence-corrected chi connectivity index (χ4v) is 11.3. The minimum atomic E-state index is -4.47. The Balaban J connectivity index is 1.04. The first-order valence-electron chi connectivity index (χ1n) is 20.9. The predicted molar refractivity (Wildman–Crippen MR) is 253 cm³/mol. The number of carbonyl (C=O) groups excluding carboxylic acids is 3. The molecule has 1 unspecified atom stereocenters. The Kier molecular flexibility index (Phi) is 13.9. The number of anilines is 1. The summed E-state index contributed by atoms with van der Waals surface area (Å²) >= 11 is 13.0. The molecule has 67 heavy (non-hydrogen) atoms. The molecule has 0 aliphatic carbocycles. The Hall–Kier alpha value is -6.48. The molecule has 0 saturated heterocycles. The molecule has 0 saturated carbocycles. The first-order valence-corrected chi connectivity index (χ1v) is 24.0. The molecule has 1 aromatic heterocycles. The van der Waals surface area contributed by atoms with E-state index in [1.807, 2.05) is 66.7 Å². The lowest BCUT2D eigenvalue weighted by molar-refractivity contribution is -0.145. The molecule has 2 amide bonds. The second kappa shape index (κ2) is 19.8. The van der Waals surface area contributed by atoms with Gasteiger partial charge in [-0.15, -0.1) is 0 Å². The molecule has 0 bridgehead atoms. The van der Waals surface area contributed by atoms with Crippen LogP contribution in [0.15, 0.2) is 107 Å². The van der Waals surface area contributed by atoms with E-state index in [1.54, 1.807) is 36.4 Å². The Morgan fingerprint density at radius 3 is 2.27 bits per heavy atom. The molecule has 14 nitrogen and oxygen atoms in total. The maximum atomic E-state index is 14.8. The minimum absolute atomic E-state index is 0.0468. The number of sulfonamides is 1. The van der Waals surface area contributed by atoms with Crippen molar-refractivity contribution in [3.05, 3.63) is 152 Å². The fraction of sp³-hybridized carbons (Fsp3) is 0.245. The molecule has 8 rings (SSSR count). The predicted octanol–water partition coefficient (Wildman–Crippen LogP) is 8.39. The van der Waals surface area contributed by atoms with Crippen molar-refractivity contribution in [1.29, 1.82) is 5.26 Å². The molecule has 344 valence electrons. The summed E-state index contributed by atoms with van der Waals surface area (Å²) in [5, 5.41) is 13.1. The summed E-state index contributed by atoms with van der Waals surface area (Å²) in [6, 6.07) is 30.3. The normalized spacial score (nSPS) is 16.0. The van der Waals surface area contributed by atoms with Crippen LogP contribution >= 0.6 is 34.5 Å². The van der Waals surface area contributed by atoms with E-state index in [9.17, 15) is 28.1 Å². The van der Waals surface area contributed by atoms with Crippen molar-refractivity contribution in [2.45, 2.75) is 62.2 Å². The molecular weight excluding hydrogens is 938 g/mol. The topological polar surface area (TPSA) is 177 Å². The molecule has 2 aliphatic heterocycles. The zero-order valence-corrected chi connectivity index (χ0v) is 39.8. The lowest BCUT2D eigenvalue weighted by Gasteiger charge is -2.36. The highest BCUT2D eigenvalue weighted by Crippen LogP contribution is 2.43. The molecule has 5 aromatic carbocycles. The minimum Gasteiger partial charge on any atom is -0.489 e. The van der Waals surface area contributed by atoms with Crippen LogP contribution in [0.1, 0.15) is 52.1 Å². The average molecular weight is 981 g/mol. The Morgan fingerprint density at radius 1 is 0.940 bits per heavy atom. The Bertz CT molecular complexity index is 3010. The number of hydrogen-bond donors (Lipinski definition) is 1. The molecule has 2 aliphatic rings. The highest BCUT2D eigenvalue weighted by atomic mass is 35.5. The number of fused-ring (bicyclic) bond motifs is 2. The number of aromatic nitrogens is 1. The van der Waals surface area contributed by atoms with Gasteiger partial charge in [0.25, 0.3) is 10.0 Å². The maximum absolute atomic E-state index is 14.8. The second-order valence-electron chi connectivity index (χ2n) is 16.0. The van der Waals surface area contributed by atoms with Gasteiger partial charge in [-0.1, -0.05) is 89.1 Å². The standard InChI is InChI=1S/C49H43Cl2N5O9S2/c1-28-48(66-49(53-28)55(3)29(2)57)67(60,61)56-25-37-23-44-43(64-27-45(65-44)35-14-16-38(17-15-35)63-26-32-9-18-39(50)40(51)19-32)22-36(37)21-42(56)46(58)54-41(47(59)62-4)20-30-5-10-33(11-6-30)34-12-7-31(24-52)8-13-34/h5-19,22-23,41-42,45H,20-21,25-27H2,1-4H3,(H,54,58)/t41?,42-,45-/m0/s1. The highest BCUT2D eigenvalue weighted by Gasteiger charge is 2.43. The van der Waals surface area contributed by atoms with Gasteiger partial charge in [-0.3, -0.25) is 14.5 Å². The van der Waals surface area contributed by atoms with Gasteiger partial charge in [0.05, 0.1) is 34.5 Å². The van der Waals surface area contributed by atoms with Crippen LogP contribution in [0.4, 0.5) is 5.13 Å². The summed E-state index contributed by atoms with van der Waals surface area (Å²) in [7, 11) is -1.76. The van der Waals surface area contributed by atoms with Gasteiger partial charge >= 0.3 is 5.97 Å². The van der Waals surface area contributed by atoms with Gasteiger partial charge in [0, 0.05) is 26.9 Å². The van der Waals surface area contributed by atoms with E-state index in [0.29, 0.717) is 49.5 Å². The summed E-state index contributed by atoms with van der Waals surface area (Å²) in [6.45, 7) is 3.10. The van der Waals surface area contributed by atoms with E-state index >= 15 is 0 Å². The van der Waals surface area contributed by atoms with Crippen LogP contribution in [0, 0.1) is 18.3 Å². The van der Waals surface area contributed by atoms with Crippen LogP contribution in [0.3, 0.4) is 0 Å². The Morgan fingerprint density at radius 2 is 1.61 bits per heavy atom. The van der Waals surface area contributed by atoms with E-state index in [2.05, 4.69) is 16.4 Å². The van der Waals surface area contributed by atoms with Crippen LogP contribution in [0.5, 0.6) is 17.2 Å². The van der Waals surface area contributed by atoms with E-state index < -0.39 is 40.1 Å². The largest absolute Gasteiger partial charge is 0.489 e. The van der Waals surface area contributed by atoms with Crippen molar-refractivity contribution in [3.63, 3.8) is 0 Å². The molecule has 18 heteroatoms. The van der Waals surface area contributed by atoms with Gasteiger partial charge in [0.2, 0.25) is 11.8 Å². The number of esters is 1. The third-order valence-electron chi connectivity index (χ3n) is 11.5. The van der Waals surface area contributed by atoms with Gasteiger partial charge in [-0.05, 0) is 101 Å². The molecule has 0 fully saturated rings. The van der Waals surface area contributed by atoms with E-state index in [4.69, 9.17) is 42.1 Å². The zero-order valence-electron chi connectivity index (χ0n) is 36.6. The van der Waals surface area contributed by atoms with Gasteiger partial charge in [-0.25, -0.2) is 18.2 Å². The number of nitrogens with zero attached hydrogens (tertiary/aromatic N) is 4. The summed E-state index contributed by atoms with van der Waals surface area (Å²) in [6.07, 6.45) is -0.531. The number of nitriles is 1. The second-order valence-corrected chi connectivity index (χ2v) is 19.9. The molecule has 3 atom stereocenters. The van der Waals surface area contributed by atoms with Crippen molar-refractivity contribution in [2.75, 3.05) is 25.7 Å². The lowest BCUT2D eigenvalue weighted by Crippen LogP contribution is -2.56. The highest BCUT2D eigenvalue weighted by molar-refractivity contribution is 7.91. The first-order chi connectivity index (χ1) is 32.1.